The molecule has 0 aromatic rings. The van der Waals surface area contributed by atoms with Crippen LogP contribution >= 0.6 is 0 Å². The van der Waals surface area contributed by atoms with Gasteiger partial charge in [0.25, 0.3) is 0 Å². The van der Waals surface area contributed by atoms with Crippen LogP contribution in [0.3, 0.4) is 0 Å². The standard InChI is InChI=1S/C9H22N2O2S/c1-8(2)7-11-14(12,13)6-5-10-9(3)4/h8-11H,5-7H2,1-4H3. The molecule has 0 aliphatic rings. The molecule has 2 N–H and O–H groups in total. The third-order valence-electron chi connectivity index (χ3n) is 1.63. The van der Waals surface area contributed by atoms with E-state index < -0.39 is 10.0 Å². The average molecular weight is 222 g/mol. The molecule has 14 heavy (non-hydrogen) atoms. The number of nitrogens with one attached hydrogen (secondary N) is 2. The Kier molecular flexibility index (Phi) is 6.31. The molecule has 4 nitrogen and oxygen atoms in total. The van der Waals surface area contributed by atoms with Crippen LogP contribution < -0.4 is 10.0 Å². The van der Waals surface area contributed by atoms with Gasteiger partial charge in [-0.25, -0.2) is 13.1 Å². The number of rotatable bonds is 7. The summed E-state index contributed by atoms with van der Waals surface area (Å²) in [5.74, 6) is 0.501. The molecule has 0 aromatic carbocycles. The zero-order valence-corrected chi connectivity index (χ0v) is 10.3. The molecule has 0 fully saturated rings. The van der Waals surface area contributed by atoms with E-state index in [0.29, 0.717) is 25.0 Å². The Labute approximate surface area is 87.5 Å². The first-order chi connectivity index (χ1) is 6.33. The van der Waals surface area contributed by atoms with Crippen LogP contribution in [0.25, 0.3) is 0 Å². The molecular weight excluding hydrogens is 200 g/mol. The van der Waals surface area contributed by atoms with Crippen molar-refractivity contribution in [3.05, 3.63) is 0 Å². The van der Waals surface area contributed by atoms with Crippen molar-refractivity contribution < 1.29 is 8.42 Å². The zero-order valence-electron chi connectivity index (χ0n) is 9.50. The van der Waals surface area contributed by atoms with Gasteiger partial charge < -0.3 is 5.32 Å². The Hall–Kier alpha value is -0.130. The molecule has 0 amide bonds. The lowest BCUT2D eigenvalue weighted by Crippen LogP contribution is -2.35. The van der Waals surface area contributed by atoms with Crippen LogP contribution in [0.4, 0.5) is 0 Å². The van der Waals surface area contributed by atoms with Crippen LogP contribution in [0, 0.1) is 5.92 Å². The van der Waals surface area contributed by atoms with Crippen LogP contribution in [0.15, 0.2) is 0 Å². The smallest absolute Gasteiger partial charge is 0.212 e. The summed E-state index contributed by atoms with van der Waals surface area (Å²) in [6, 6.07) is 0.329. The van der Waals surface area contributed by atoms with E-state index in [9.17, 15) is 8.42 Å². The van der Waals surface area contributed by atoms with Crippen LogP contribution in [-0.2, 0) is 10.0 Å². The summed E-state index contributed by atoms with van der Waals surface area (Å²) in [5, 5.41) is 3.07. The Morgan fingerprint density at radius 1 is 1.14 bits per heavy atom. The van der Waals surface area contributed by atoms with Gasteiger partial charge in [0.15, 0.2) is 0 Å². The van der Waals surface area contributed by atoms with E-state index in [4.69, 9.17) is 0 Å². The summed E-state index contributed by atoms with van der Waals surface area (Å²) in [6.45, 7) is 8.97. The van der Waals surface area contributed by atoms with Crippen molar-refractivity contribution in [1.29, 1.82) is 0 Å². The van der Waals surface area contributed by atoms with E-state index in [-0.39, 0.29) is 5.75 Å². The molecule has 0 spiro atoms. The lowest BCUT2D eigenvalue weighted by Gasteiger charge is -2.10. The van der Waals surface area contributed by atoms with Gasteiger partial charge in [0.2, 0.25) is 10.0 Å². The molecule has 0 rings (SSSR count). The van der Waals surface area contributed by atoms with Gasteiger partial charge in [0, 0.05) is 19.1 Å². The molecule has 0 saturated heterocycles. The van der Waals surface area contributed by atoms with Gasteiger partial charge in [-0.1, -0.05) is 27.7 Å². The monoisotopic (exact) mass is 222 g/mol. The van der Waals surface area contributed by atoms with Crippen LogP contribution in [0.1, 0.15) is 27.7 Å². The summed E-state index contributed by atoms with van der Waals surface area (Å²) >= 11 is 0. The molecule has 0 aliphatic carbocycles. The second-order valence-electron chi connectivity index (χ2n) is 4.17. The van der Waals surface area contributed by atoms with Crippen molar-refractivity contribution in [3.8, 4) is 0 Å². The topological polar surface area (TPSA) is 58.2 Å². The molecule has 0 radical (unpaired) electrons. The second kappa shape index (κ2) is 6.37. The fourth-order valence-electron chi connectivity index (χ4n) is 0.848. The highest BCUT2D eigenvalue weighted by atomic mass is 32.2. The number of sulfonamides is 1. The van der Waals surface area contributed by atoms with Gasteiger partial charge in [-0.2, -0.15) is 0 Å². The molecule has 0 bridgehead atoms. The Morgan fingerprint density at radius 3 is 2.14 bits per heavy atom. The highest BCUT2D eigenvalue weighted by molar-refractivity contribution is 7.89. The van der Waals surface area contributed by atoms with E-state index in [1.807, 2.05) is 27.7 Å². The molecule has 86 valence electrons. The minimum atomic E-state index is -3.08. The molecule has 0 atom stereocenters. The summed E-state index contributed by atoms with van der Waals surface area (Å²) < 4.78 is 25.3. The van der Waals surface area contributed by atoms with Gasteiger partial charge in [-0.15, -0.1) is 0 Å². The maximum absolute atomic E-state index is 11.4. The largest absolute Gasteiger partial charge is 0.313 e. The van der Waals surface area contributed by atoms with E-state index in [1.165, 1.54) is 0 Å². The van der Waals surface area contributed by atoms with Crippen molar-refractivity contribution in [1.82, 2.24) is 10.0 Å². The highest BCUT2D eigenvalue weighted by Crippen LogP contribution is 1.91. The van der Waals surface area contributed by atoms with Crippen molar-refractivity contribution >= 4 is 10.0 Å². The normalized spacial score (nSPS) is 12.7. The third kappa shape index (κ3) is 8.47. The van der Waals surface area contributed by atoms with Crippen molar-refractivity contribution in [2.75, 3.05) is 18.8 Å². The molecule has 0 heterocycles. The maximum atomic E-state index is 11.4. The fraction of sp³-hybridized carbons (Fsp3) is 1.00. The van der Waals surface area contributed by atoms with Gasteiger partial charge in [0.1, 0.15) is 0 Å². The third-order valence-corrected chi connectivity index (χ3v) is 2.98. The lowest BCUT2D eigenvalue weighted by molar-refractivity contribution is 0.551. The van der Waals surface area contributed by atoms with Gasteiger partial charge >= 0.3 is 0 Å². The summed E-state index contributed by atoms with van der Waals surface area (Å²) in [5.41, 5.74) is 0. The lowest BCUT2D eigenvalue weighted by atomic mass is 10.2. The maximum Gasteiger partial charge on any atom is 0.212 e. The van der Waals surface area contributed by atoms with Crippen molar-refractivity contribution in [2.45, 2.75) is 33.7 Å². The Morgan fingerprint density at radius 2 is 1.71 bits per heavy atom. The minimum absolute atomic E-state index is 0.151. The predicted octanol–water partition coefficient (Wildman–Crippen LogP) is 0.560. The first-order valence-corrected chi connectivity index (χ1v) is 6.69. The fourth-order valence-corrected chi connectivity index (χ4v) is 1.97. The Bertz CT molecular complexity index is 235. The van der Waals surface area contributed by atoms with Crippen LogP contribution in [0.2, 0.25) is 0 Å². The quantitative estimate of drug-likeness (QED) is 0.662. The van der Waals surface area contributed by atoms with Gasteiger partial charge in [-0.05, 0) is 5.92 Å². The molecule has 0 unspecified atom stereocenters. The zero-order chi connectivity index (χ0) is 11.2. The summed E-state index contributed by atoms with van der Waals surface area (Å²) in [4.78, 5) is 0. The molecule has 5 heteroatoms. The average Bonchev–Trinajstić information content (AvgIpc) is 2.00. The molecule has 0 aliphatic heterocycles. The van der Waals surface area contributed by atoms with Gasteiger partial charge in [-0.3, -0.25) is 0 Å². The van der Waals surface area contributed by atoms with Crippen molar-refractivity contribution in [3.63, 3.8) is 0 Å². The molecule has 0 aromatic heterocycles. The number of hydrogen-bond donors (Lipinski definition) is 2. The van der Waals surface area contributed by atoms with Gasteiger partial charge in [0.05, 0.1) is 5.75 Å². The Balaban J connectivity index is 3.73. The van der Waals surface area contributed by atoms with E-state index in [0.717, 1.165) is 0 Å². The van der Waals surface area contributed by atoms with E-state index >= 15 is 0 Å². The summed E-state index contributed by atoms with van der Waals surface area (Å²) in [7, 11) is -3.08. The van der Waals surface area contributed by atoms with Crippen LogP contribution in [0.5, 0.6) is 0 Å². The van der Waals surface area contributed by atoms with Crippen molar-refractivity contribution in [2.24, 2.45) is 5.92 Å². The predicted molar refractivity (Wildman–Crippen MR) is 59.8 cm³/mol. The van der Waals surface area contributed by atoms with Crippen LogP contribution in [-0.4, -0.2) is 33.3 Å². The first kappa shape index (κ1) is 13.9. The SMILES string of the molecule is CC(C)CNS(=O)(=O)CCNC(C)C. The summed E-state index contributed by atoms with van der Waals surface area (Å²) in [6.07, 6.45) is 0. The van der Waals surface area contributed by atoms with E-state index in [2.05, 4.69) is 10.0 Å². The highest BCUT2D eigenvalue weighted by Gasteiger charge is 2.09. The number of hydrogen-bond acceptors (Lipinski definition) is 3. The molecule has 0 saturated carbocycles. The second-order valence-corrected chi connectivity index (χ2v) is 6.10. The van der Waals surface area contributed by atoms with E-state index in [1.54, 1.807) is 0 Å². The molecular formula is C9H22N2O2S. The first-order valence-electron chi connectivity index (χ1n) is 5.04. The minimum Gasteiger partial charge on any atom is -0.313 e.